The fraction of sp³-hybridized carbons (Fsp3) is 0.476. The van der Waals surface area contributed by atoms with Crippen LogP contribution in [0.15, 0.2) is 42.5 Å². The van der Waals surface area contributed by atoms with Gasteiger partial charge in [-0.15, -0.1) is 0 Å². The van der Waals surface area contributed by atoms with E-state index in [0.29, 0.717) is 12.1 Å². The fourth-order valence-electron chi connectivity index (χ4n) is 3.66. The first-order chi connectivity index (χ1) is 12.0. The molecule has 0 spiro atoms. The molecule has 1 atom stereocenters. The van der Waals surface area contributed by atoms with Crippen LogP contribution in [0.5, 0.6) is 0 Å². The second kappa shape index (κ2) is 7.98. The monoisotopic (exact) mass is 339 g/mol. The van der Waals surface area contributed by atoms with Gasteiger partial charge in [0.05, 0.1) is 6.04 Å². The molecule has 0 bridgehead atoms. The van der Waals surface area contributed by atoms with Gasteiger partial charge in [-0.25, -0.2) is 0 Å². The third-order valence-electron chi connectivity index (χ3n) is 5.07. The smallest absolute Gasteiger partial charge is 0.241 e. The number of fused-ring (bicyclic) bond motifs is 1. The Hall–Kier alpha value is -1.91. The van der Waals surface area contributed by atoms with Gasteiger partial charge >= 0.3 is 0 Å². The van der Waals surface area contributed by atoms with E-state index in [2.05, 4.69) is 47.6 Å². The lowest BCUT2D eigenvalue weighted by atomic mass is 10.0. The minimum absolute atomic E-state index is 0.0756. The average Bonchev–Trinajstić information content (AvgIpc) is 2.61. The first kappa shape index (κ1) is 17.9. The van der Waals surface area contributed by atoms with Crippen LogP contribution in [0.4, 0.5) is 5.69 Å². The highest BCUT2D eigenvalue weighted by Gasteiger charge is 2.26. The topological polar surface area (TPSA) is 44.4 Å². The minimum Gasteiger partial charge on any atom is -0.324 e. The summed E-state index contributed by atoms with van der Waals surface area (Å²) in [6, 6.07) is 15.2. The molecule has 0 saturated carbocycles. The van der Waals surface area contributed by atoms with Gasteiger partial charge in [0.15, 0.2) is 0 Å². The third-order valence-corrected chi connectivity index (χ3v) is 5.07. The van der Waals surface area contributed by atoms with Crippen molar-refractivity contribution in [3.8, 4) is 0 Å². The van der Waals surface area contributed by atoms with E-state index in [1.165, 1.54) is 0 Å². The normalized spacial score (nSPS) is 17.8. The zero-order chi connectivity index (χ0) is 17.8. The fourth-order valence-corrected chi connectivity index (χ4v) is 3.66. The number of likely N-dealkylation sites (tertiary alicyclic amines) is 1. The molecular weight excluding hydrogens is 310 g/mol. The summed E-state index contributed by atoms with van der Waals surface area (Å²) in [5, 5.41) is 8.97. The van der Waals surface area contributed by atoms with Crippen LogP contribution < -0.4 is 10.6 Å². The summed E-state index contributed by atoms with van der Waals surface area (Å²) in [5.41, 5.74) is 0.895. The zero-order valence-corrected chi connectivity index (χ0v) is 15.5. The second-order valence-electron chi connectivity index (χ2n) is 7.32. The second-order valence-corrected chi connectivity index (χ2v) is 7.32. The lowest BCUT2D eigenvalue weighted by Gasteiger charge is -2.36. The molecule has 0 radical (unpaired) electrons. The van der Waals surface area contributed by atoms with Gasteiger partial charge in [-0.05, 0) is 31.2 Å². The Kier molecular flexibility index (Phi) is 5.71. The lowest BCUT2D eigenvalue weighted by molar-refractivity contribution is -0.121. The van der Waals surface area contributed by atoms with E-state index in [1.54, 1.807) is 0 Å². The number of carbonyl (C=O) groups is 1. The van der Waals surface area contributed by atoms with Crippen LogP contribution in [0.3, 0.4) is 0 Å². The molecule has 1 heterocycles. The van der Waals surface area contributed by atoms with Gasteiger partial charge in [-0.3, -0.25) is 9.69 Å². The maximum absolute atomic E-state index is 12.7. The molecular formula is C21H29N3O. The van der Waals surface area contributed by atoms with Gasteiger partial charge in [0.25, 0.3) is 0 Å². The molecule has 1 aliphatic rings. The van der Waals surface area contributed by atoms with Gasteiger partial charge in [0.2, 0.25) is 5.91 Å². The molecule has 2 aromatic rings. The van der Waals surface area contributed by atoms with Gasteiger partial charge in [-0.1, -0.05) is 50.2 Å². The Bertz CT molecular complexity index is 715. The van der Waals surface area contributed by atoms with Gasteiger partial charge in [0, 0.05) is 36.2 Å². The molecule has 1 amide bonds. The van der Waals surface area contributed by atoms with Crippen molar-refractivity contribution in [2.24, 2.45) is 0 Å². The average molecular weight is 339 g/mol. The Balaban J connectivity index is 1.61. The molecule has 1 aliphatic heterocycles. The molecule has 0 aliphatic carbocycles. The van der Waals surface area contributed by atoms with Crippen LogP contribution >= 0.6 is 0 Å². The molecule has 2 N–H and O–H groups in total. The molecule has 25 heavy (non-hydrogen) atoms. The Morgan fingerprint density at radius 2 is 1.72 bits per heavy atom. The molecule has 0 aromatic heterocycles. The summed E-state index contributed by atoms with van der Waals surface area (Å²) in [6.07, 6.45) is 2.20. The van der Waals surface area contributed by atoms with E-state index in [0.717, 1.165) is 42.4 Å². The van der Waals surface area contributed by atoms with Gasteiger partial charge < -0.3 is 10.6 Å². The molecule has 1 fully saturated rings. The highest BCUT2D eigenvalue weighted by atomic mass is 16.2. The predicted octanol–water partition coefficient (Wildman–Crippen LogP) is 3.63. The third kappa shape index (κ3) is 4.39. The summed E-state index contributed by atoms with van der Waals surface area (Å²) in [6.45, 7) is 8.32. The summed E-state index contributed by atoms with van der Waals surface area (Å²) in [5.74, 6) is 0.0756. The van der Waals surface area contributed by atoms with Crippen LogP contribution in [0.25, 0.3) is 10.8 Å². The first-order valence-corrected chi connectivity index (χ1v) is 9.33. The van der Waals surface area contributed by atoms with Gasteiger partial charge in [0.1, 0.15) is 0 Å². The quantitative estimate of drug-likeness (QED) is 0.874. The van der Waals surface area contributed by atoms with Crippen LogP contribution in [0.1, 0.15) is 33.6 Å². The SMILES string of the molecule is CC(C)NC1CCN(C(C)C(=O)Nc2cccc3ccccc23)CC1. The summed E-state index contributed by atoms with van der Waals surface area (Å²) < 4.78 is 0. The van der Waals surface area contributed by atoms with Crippen LogP contribution in [0, 0.1) is 0 Å². The molecule has 4 nitrogen and oxygen atoms in total. The van der Waals surface area contributed by atoms with Crippen molar-refractivity contribution >= 4 is 22.4 Å². The van der Waals surface area contributed by atoms with Crippen molar-refractivity contribution in [3.05, 3.63) is 42.5 Å². The molecule has 1 saturated heterocycles. The number of anilines is 1. The van der Waals surface area contributed by atoms with Crippen molar-refractivity contribution in [2.45, 2.75) is 51.7 Å². The Labute approximate surface area is 150 Å². The van der Waals surface area contributed by atoms with Crippen molar-refractivity contribution in [1.82, 2.24) is 10.2 Å². The van der Waals surface area contributed by atoms with E-state index in [-0.39, 0.29) is 11.9 Å². The van der Waals surface area contributed by atoms with Crippen molar-refractivity contribution in [1.29, 1.82) is 0 Å². The number of carbonyl (C=O) groups excluding carboxylic acids is 1. The van der Waals surface area contributed by atoms with Gasteiger partial charge in [-0.2, -0.15) is 0 Å². The Morgan fingerprint density at radius 3 is 2.44 bits per heavy atom. The number of piperidine rings is 1. The predicted molar refractivity (Wildman–Crippen MR) is 105 cm³/mol. The maximum atomic E-state index is 12.7. The van der Waals surface area contributed by atoms with Crippen LogP contribution in [-0.4, -0.2) is 42.0 Å². The molecule has 2 aromatic carbocycles. The van der Waals surface area contributed by atoms with E-state index in [9.17, 15) is 4.79 Å². The molecule has 1 unspecified atom stereocenters. The molecule has 4 heteroatoms. The Morgan fingerprint density at radius 1 is 1.04 bits per heavy atom. The van der Waals surface area contributed by atoms with E-state index in [1.807, 2.05) is 31.2 Å². The summed E-state index contributed by atoms with van der Waals surface area (Å²) >= 11 is 0. The largest absolute Gasteiger partial charge is 0.324 e. The van der Waals surface area contributed by atoms with Crippen LogP contribution in [0.2, 0.25) is 0 Å². The van der Waals surface area contributed by atoms with Crippen molar-refractivity contribution in [3.63, 3.8) is 0 Å². The number of nitrogens with one attached hydrogen (secondary N) is 2. The van der Waals surface area contributed by atoms with Crippen molar-refractivity contribution in [2.75, 3.05) is 18.4 Å². The summed E-state index contributed by atoms with van der Waals surface area (Å²) in [7, 11) is 0. The van der Waals surface area contributed by atoms with E-state index < -0.39 is 0 Å². The minimum atomic E-state index is -0.112. The van der Waals surface area contributed by atoms with Crippen molar-refractivity contribution < 1.29 is 4.79 Å². The van der Waals surface area contributed by atoms with Crippen LogP contribution in [-0.2, 0) is 4.79 Å². The maximum Gasteiger partial charge on any atom is 0.241 e. The standard InChI is InChI=1S/C21H29N3O/c1-15(2)22-18-11-13-24(14-12-18)16(3)21(25)23-20-10-6-8-17-7-4-5-9-19(17)20/h4-10,15-16,18,22H,11-14H2,1-3H3,(H,23,25). The number of rotatable bonds is 5. The summed E-state index contributed by atoms with van der Waals surface area (Å²) in [4.78, 5) is 15.0. The van der Waals surface area contributed by atoms with E-state index in [4.69, 9.17) is 0 Å². The number of nitrogens with zero attached hydrogens (tertiary/aromatic N) is 1. The number of hydrogen-bond acceptors (Lipinski definition) is 3. The number of amides is 1. The highest BCUT2D eigenvalue weighted by Crippen LogP contribution is 2.23. The van der Waals surface area contributed by atoms with E-state index >= 15 is 0 Å². The number of hydrogen-bond donors (Lipinski definition) is 2. The molecule has 3 rings (SSSR count). The lowest BCUT2D eigenvalue weighted by Crippen LogP contribution is -2.50. The molecule has 134 valence electrons. The highest BCUT2D eigenvalue weighted by molar-refractivity contribution is 6.03. The zero-order valence-electron chi connectivity index (χ0n) is 15.5. The first-order valence-electron chi connectivity index (χ1n) is 9.33. The number of benzene rings is 2.